The molecule has 0 saturated carbocycles. The summed E-state index contributed by atoms with van der Waals surface area (Å²) in [6, 6.07) is 18.1. The van der Waals surface area contributed by atoms with Gasteiger partial charge in [-0.25, -0.2) is 0 Å². The molecular weight excluding hydrogens is 474 g/mol. The second-order valence-electron chi connectivity index (χ2n) is 8.65. The predicted molar refractivity (Wildman–Crippen MR) is 137 cm³/mol. The number of ketones is 1. The van der Waals surface area contributed by atoms with Gasteiger partial charge in [0.2, 0.25) is 0 Å². The zero-order valence-corrected chi connectivity index (χ0v) is 20.6. The topological polar surface area (TPSA) is 94.5 Å². The number of Topliss-reactive ketones (excluding diaryl/α,β-unsaturated/α-hetero) is 1. The highest BCUT2D eigenvalue weighted by atomic mass is 16.6. The summed E-state index contributed by atoms with van der Waals surface area (Å²) in [5, 5.41) is 11.4. The molecule has 5 rings (SSSR count). The Morgan fingerprint density at radius 1 is 0.973 bits per heavy atom. The van der Waals surface area contributed by atoms with Gasteiger partial charge in [-0.1, -0.05) is 19.1 Å². The Labute approximate surface area is 214 Å². The standard InChI is InChI=1S/C29H27NO7/c1-3-13-35-22-6-4-5-18(16-22)26-25(27(31)19-7-12-23-24(17-19)37-15-14-36-23)28(32)29(33)30(26)20-8-10-21(34-2)11-9-20/h4-12,16-17,26,31H,3,13-15H2,1-2H3/b27-25-. The molecule has 0 radical (unpaired) electrons. The van der Waals surface area contributed by atoms with Gasteiger partial charge in [0.05, 0.1) is 25.3 Å². The van der Waals surface area contributed by atoms with E-state index < -0.39 is 17.7 Å². The molecule has 1 amide bonds. The Hall–Kier alpha value is -4.46. The van der Waals surface area contributed by atoms with Gasteiger partial charge in [0.25, 0.3) is 11.7 Å². The lowest BCUT2D eigenvalue weighted by atomic mass is 9.94. The number of carbonyl (C=O) groups is 2. The number of hydrogen-bond acceptors (Lipinski definition) is 7. The van der Waals surface area contributed by atoms with Crippen molar-refractivity contribution in [2.45, 2.75) is 19.4 Å². The van der Waals surface area contributed by atoms with Crippen LogP contribution in [0.4, 0.5) is 5.69 Å². The van der Waals surface area contributed by atoms with Crippen molar-refractivity contribution in [1.29, 1.82) is 0 Å². The van der Waals surface area contributed by atoms with Crippen molar-refractivity contribution in [3.63, 3.8) is 0 Å². The van der Waals surface area contributed by atoms with Crippen LogP contribution in [0, 0.1) is 0 Å². The average molecular weight is 502 g/mol. The summed E-state index contributed by atoms with van der Waals surface area (Å²) >= 11 is 0. The SMILES string of the molecule is CCCOc1cccc(C2/C(=C(/O)c3ccc4c(c3)OCCO4)C(=O)C(=O)N2c2ccc(OC)cc2)c1. The average Bonchev–Trinajstić information content (AvgIpc) is 3.21. The van der Waals surface area contributed by atoms with Gasteiger partial charge < -0.3 is 24.1 Å². The van der Waals surface area contributed by atoms with Crippen LogP contribution in [0.2, 0.25) is 0 Å². The quantitative estimate of drug-likeness (QED) is 0.280. The van der Waals surface area contributed by atoms with E-state index in [9.17, 15) is 14.7 Å². The molecule has 0 spiro atoms. The van der Waals surface area contributed by atoms with Crippen LogP contribution >= 0.6 is 0 Å². The number of amides is 1. The molecule has 2 aliphatic heterocycles. The smallest absolute Gasteiger partial charge is 0.300 e. The first kappa shape index (κ1) is 24.2. The van der Waals surface area contributed by atoms with E-state index in [1.807, 2.05) is 19.1 Å². The maximum Gasteiger partial charge on any atom is 0.300 e. The van der Waals surface area contributed by atoms with Gasteiger partial charge in [-0.2, -0.15) is 0 Å². The molecule has 2 aliphatic rings. The summed E-state index contributed by atoms with van der Waals surface area (Å²) in [7, 11) is 1.55. The molecule has 1 saturated heterocycles. The number of ether oxygens (including phenoxy) is 4. The Kier molecular flexibility index (Phi) is 6.72. The number of rotatable bonds is 7. The first-order valence-electron chi connectivity index (χ1n) is 12.1. The third-order valence-corrected chi connectivity index (χ3v) is 6.26. The summed E-state index contributed by atoms with van der Waals surface area (Å²) in [5.74, 6) is 0.422. The molecule has 1 unspecified atom stereocenters. The molecule has 1 fully saturated rings. The van der Waals surface area contributed by atoms with Crippen LogP contribution in [0.3, 0.4) is 0 Å². The lowest BCUT2D eigenvalue weighted by Gasteiger charge is -2.26. The second-order valence-corrected chi connectivity index (χ2v) is 8.65. The Balaban J connectivity index is 1.66. The molecule has 1 N–H and O–H groups in total. The minimum absolute atomic E-state index is 0.0230. The zero-order chi connectivity index (χ0) is 25.9. The van der Waals surface area contributed by atoms with Gasteiger partial charge in [0.1, 0.15) is 30.5 Å². The lowest BCUT2D eigenvalue weighted by molar-refractivity contribution is -0.132. The number of aliphatic hydroxyl groups is 1. The maximum absolute atomic E-state index is 13.4. The summed E-state index contributed by atoms with van der Waals surface area (Å²) in [5.41, 5.74) is 1.45. The van der Waals surface area contributed by atoms with Crippen molar-refractivity contribution in [1.82, 2.24) is 0 Å². The minimum Gasteiger partial charge on any atom is -0.507 e. The molecule has 8 heteroatoms. The van der Waals surface area contributed by atoms with Crippen LogP contribution in [0.5, 0.6) is 23.0 Å². The van der Waals surface area contributed by atoms with Crippen LogP contribution in [0.15, 0.2) is 72.3 Å². The van der Waals surface area contributed by atoms with E-state index in [1.165, 1.54) is 4.90 Å². The third-order valence-electron chi connectivity index (χ3n) is 6.26. The van der Waals surface area contributed by atoms with Crippen LogP contribution in [0.1, 0.15) is 30.5 Å². The van der Waals surface area contributed by atoms with Gasteiger partial charge in [-0.05, 0) is 66.6 Å². The first-order valence-corrected chi connectivity index (χ1v) is 12.1. The highest BCUT2D eigenvalue weighted by Crippen LogP contribution is 2.44. The number of methoxy groups -OCH3 is 1. The van der Waals surface area contributed by atoms with Crippen molar-refractivity contribution in [2.75, 3.05) is 31.8 Å². The second kappa shape index (κ2) is 10.3. The maximum atomic E-state index is 13.4. The van der Waals surface area contributed by atoms with Gasteiger partial charge in [-0.15, -0.1) is 0 Å². The highest BCUT2D eigenvalue weighted by molar-refractivity contribution is 6.51. The van der Waals surface area contributed by atoms with E-state index in [0.717, 1.165) is 6.42 Å². The molecule has 37 heavy (non-hydrogen) atoms. The summed E-state index contributed by atoms with van der Waals surface area (Å²) < 4.78 is 22.3. The molecule has 3 aromatic carbocycles. The summed E-state index contributed by atoms with van der Waals surface area (Å²) in [4.78, 5) is 28.2. The van der Waals surface area contributed by atoms with Crippen molar-refractivity contribution in [3.05, 3.63) is 83.4 Å². The van der Waals surface area contributed by atoms with Gasteiger partial charge in [0.15, 0.2) is 11.5 Å². The first-order chi connectivity index (χ1) is 18.0. The predicted octanol–water partition coefficient (Wildman–Crippen LogP) is 4.88. The van der Waals surface area contributed by atoms with Crippen molar-refractivity contribution in [3.8, 4) is 23.0 Å². The molecule has 0 bridgehead atoms. The van der Waals surface area contributed by atoms with Gasteiger partial charge in [0, 0.05) is 11.3 Å². The van der Waals surface area contributed by atoms with E-state index >= 15 is 0 Å². The molecule has 190 valence electrons. The monoisotopic (exact) mass is 501 g/mol. The molecule has 1 atom stereocenters. The Bertz CT molecular complexity index is 1360. The van der Waals surface area contributed by atoms with Crippen LogP contribution < -0.4 is 23.8 Å². The fraction of sp³-hybridized carbons (Fsp3) is 0.241. The largest absolute Gasteiger partial charge is 0.507 e. The minimum atomic E-state index is -0.883. The van der Waals surface area contributed by atoms with Gasteiger partial charge in [-0.3, -0.25) is 14.5 Å². The summed E-state index contributed by atoms with van der Waals surface area (Å²) in [6.07, 6.45) is 0.832. The van der Waals surface area contributed by atoms with Crippen LogP contribution in [0.25, 0.3) is 5.76 Å². The lowest BCUT2D eigenvalue weighted by Crippen LogP contribution is -2.29. The zero-order valence-electron chi connectivity index (χ0n) is 20.6. The van der Waals surface area contributed by atoms with E-state index in [-0.39, 0.29) is 11.3 Å². The number of hydrogen-bond donors (Lipinski definition) is 1. The van der Waals surface area contributed by atoms with E-state index in [4.69, 9.17) is 18.9 Å². The molecule has 0 aliphatic carbocycles. The number of anilines is 1. The Morgan fingerprint density at radius 2 is 1.73 bits per heavy atom. The van der Waals surface area contributed by atoms with E-state index in [1.54, 1.807) is 61.7 Å². The number of benzene rings is 3. The molecule has 0 aromatic heterocycles. The molecule has 3 aromatic rings. The van der Waals surface area contributed by atoms with Gasteiger partial charge >= 0.3 is 0 Å². The van der Waals surface area contributed by atoms with Crippen molar-refractivity contribution >= 4 is 23.1 Å². The number of aliphatic hydroxyl groups excluding tert-OH is 1. The Morgan fingerprint density at radius 3 is 2.46 bits per heavy atom. The van der Waals surface area contributed by atoms with E-state index in [0.29, 0.717) is 59.6 Å². The number of carbonyl (C=O) groups excluding carboxylic acids is 2. The van der Waals surface area contributed by atoms with Crippen LogP contribution in [-0.4, -0.2) is 43.7 Å². The fourth-order valence-electron chi connectivity index (χ4n) is 4.50. The normalized spacial score (nSPS) is 18.1. The molecule has 8 nitrogen and oxygen atoms in total. The van der Waals surface area contributed by atoms with E-state index in [2.05, 4.69) is 0 Å². The third kappa shape index (κ3) is 4.58. The van der Waals surface area contributed by atoms with Crippen molar-refractivity contribution in [2.24, 2.45) is 0 Å². The fourth-order valence-corrected chi connectivity index (χ4v) is 4.50. The number of nitrogens with zero attached hydrogens (tertiary/aromatic N) is 1. The molecule has 2 heterocycles. The number of fused-ring (bicyclic) bond motifs is 1. The summed E-state index contributed by atoms with van der Waals surface area (Å²) in [6.45, 7) is 3.35. The van der Waals surface area contributed by atoms with Crippen LogP contribution in [-0.2, 0) is 9.59 Å². The highest BCUT2D eigenvalue weighted by Gasteiger charge is 2.47. The van der Waals surface area contributed by atoms with Crippen molar-refractivity contribution < 1.29 is 33.6 Å². The molecular formula is C29H27NO7.